The van der Waals surface area contributed by atoms with E-state index >= 15 is 0 Å². The molecule has 42 valence electrons. The molecule has 0 unspecified atom stereocenters. The Balaban J connectivity index is 0. The van der Waals surface area contributed by atoms with Crippen LogP contribution in [0.25, 0.3) is 0 Å². The van der Waals surface area contributed by atoms with Gasteiger partial charge in [-0.3, -0.25) is 4.70 Å². The van der Waals surface area contributed by atoms with Gasteiger partial charge in [0.15, 0.2) is 0 Å². The summed E-state index contributed by atoms with van der Waals surface area (Å²) in [5.74, 6) is 0. The molecule has 0 bridgehead atoms. The number of rotatable bonds is 0. The fourth-order valence-electron chi connectivity index (χ4n) is 0. The van der Waals surface area contributed by atoms with Crippen LogP contribution in [0.3, 0.4) is 0 Å². The van der Waals surface area contributed by atoms with Gasteiger partial charge in [0.1, 0.15) is 0 Å². The summed E-state index contributed by atoms with van der Waals surface area (Å²) < 4.78 is 0. The molecule has 0 N–H and O–H groups in total. The Kier molecular flexibility index (Phi) is 4.04. The van der Waals surface area contributed by atoms with Crippen molar-refractivity contribution in [2.24, 2.45) is 0 Å². The van der Waals surface area contributed by atoms with Gasteiger partial charge in [-0.25, -0.2) is 0 Å². The molecular weight excluding hydrogens is 98.0 g/mol. The van der Waals surface area contributed by atoms with Gasteiger partial charge in [0.25, 0.3) is 0 Å². The maximum Gasteiger partial charge on any atom is -0.269 e. The largest absolute Gasteiger partial charge is 0.269 e. The molecule has 6 heavy (non-hydrogen) atoms. The monoisotopic (exact) mass is 112 g/mol. The molecule has 0 fully saturated rings. The van der Waals surface area contributed by atoms with E-state index in [0.717, 1.165) is 0 Å². The maximum absolute atomic E-state index is 2.33. The molecule has 0 radical (unpaired) electrons. The molecule has 0 saturated carbocycles. The van der Waals surface area contributed by atoms with E-state index in [1.54, 1.807) is 0 Å². The molecule has 2 heteroatoms. The SMILES string of the molecule is C[PH](C)(C)C.F. The van der Waals surface area contributed by atoms with Crippen molar-refractivity contribution in [3.63, 3.8) is 0 Å². The molecule has 0 aliphatic carbocycles. The van der Waals surface area contributed by atoms with Crippen LogP contribution in [0.4, 0.5) is 4.70 Å². The average molecular weight is 112 g/mol. The second-order valence-corrected chi connectivity index (χ2v) is 9.00. The molecule has 0 aromatic rings. The van der Waals surface area contributed by atoms with Gasteiger partial charge >= 0.3 is 33.9 Å². The van der Waals surface area contributed by atoms with Crippen LogP contribution in [0.5, 0.6) is 0 Å². The molecule has 0 aliphatic rings. The van der Waals surface area contributed by atoms with Crippen molar-refractivity contribution in [1.82, 2.24) is 0 Å². The summed E-state index contributed by atoms with van der Waals surface area (Å²) in [4.78, 5) is 0. The van der Waals surface area contributed by atoms with Crippen molar-refractivity contribution in [2.75, 3.05) is 26.7 Å². The minimum Gasteiger partial charge on any atom is -0.269 e. The Morgan fingerprint density at radius 1 is 0.833 bits per heavy atom. The van der Waals surface area contributed by atoms with Crippen LogP contribution < -0.4 is 0 Å². The van der Waals surface area contributed by atoms with Gasteiger partial charge in [0.2, 0.25) is 0 Å². The molecule has 0 amide bonds. The first-order valence-corrected chi connectivity index (χ1v) is 6.00. The Morgan fingerprint density at radius 2 is 0.833 bits per heavy atom. The Hall–Kier alpha value is 0.360. The summed E-state index contributed by atoms with van der Waals surface area (Å²) in [6.07, 6.45) is 0. The van der Waals surface area contributed by atoms with Crippen molar-refractivity contribution in [2.45, 2.75) is 0 Å². The molecule has 0 rings (SSSR count). The van der Waals surface area contributed by atoms with Crippen molar-refractivity contribution in [3.05, 3.63) is 0 Å². The number of hydrogen-bond donors (Lipinski definition) is 0. The Morgan fingerprint density at radius 3 is 0.833 bits per heavy atom. The van der Waals surface area contributed by atoms with E-state index in [1.807, 2.05) is 0 Å². The molecule has 0 nitrogen and oxygen atoms in total. The van der Waals surface area contributed by atoms with Crippen LogP contribution >= 0.6 is 7.26 Å². The number of hydrogen-bond acceptors (Lipinski definition) is 0. The predicted molar refractivity (Wildman–Crippen MR) is 34.5 cm³/mol. The van der Waals surface area contributed by atoms with E-state index in [1.165, 1.54) is 0 Å². The minimum absolute atomic E-state index is 0. The zero-order valence-electron chi connectivity index (χ0n) is 4.91. The topological polar surface area (TPSA) is 0 Å². The summed E-state index contributed by atoms with van der Waals surface area (Å²) in [6.45, 7) is 9.31. The van der Waals surface area contributed by atoms with Gasteiger partial charge in [0, 0.05) is 0 Å². The van der Waals surface area contributed by atoms with Gasteiger partial charge in [-0.2, -0.15) is 0 Å². The van der Waals surface area contributed by atoms with E-state index in [4.69, 9.17) is 0 Å². The first-order valence-electron chi connectivity index (χ1n) is 2.00. The third-order valence-corrected chi connectivity index (χ3v) is 0. The molecule has 0 aromatic carbocycles. The van der Waals surface area contributed by atoms with Crippen LogP contribution in [0.1, 0.15) is 0 Å². The summed E-state index contributed by atoms with van der Waals surface area (Å²) in [5.41, 5.74) is 0. The minimum atomic E-state index is -0.611. The molecular formula is C4H14FP. The van der Waals surface area contributed by atoms with Crippen LogP contribution in [-0.4, -0.2) is 26.7 Å². The predicted octanol–water partition coefficient (Wildman–Crippen LogP) is 1.41. The molecule has 0 aromatic heterocycles. The van der Waals surface area contributed by atoms with Crippen molar-refractivity contribution in [1.29, 1.82) is 0 Å². The second-order valence-electron chi connectivity index (χ2n) is 3.00. The Bertz CT molecular complexity index is 23.0. The first-order chi connectivity index (χ1) is 2.00. The molecule has 0 spiro atoms. The van der Waals surface area contributed by atoms with Gasteiger partial charge in [-0.15, -0.1) is 0 Å². The van der Waals surface area contributed by atoms with Crippen molar-refractivity contribution >= 4 is 7.26 Å². The first kappa shape index (κ1) is 9.61. The normalized spacial score (nSPS) is 12.7. The third kappa shape index (κ3) is 380. The fraction of sp³-hybridized carbons (Fsp3) is 1.00. The average Bonchev–Trinajstić information content (AvgIpc) is 0.722. The van der Waals surface area contributed by atoms with Crippen molar-refractivity contribution < 1.29 is 4.70 Å². The summed E-state index contributed by atoms with van der Waals surface area (Å²) in [7, 11) is -0.611. The van der Waals surface area contributed by atoms with Crippen LogP contribution in [0.15, 0.2) is 0 Å². The zero-order valence-corrected chi connectivity index (χ0v) is 5.91. The van der Waals surface area contributed by atoms with E-state index in [0.29, 0.717) is 0 Å². The third-order valence-electron chi connectivity index (χ3n) is 0. The number of halogens is 1. The van der Waals surface area contributed by atoms with Gasteiger partial charge in [0.05, 0.1) is 0 Å². The van der Waals surface area contributed by atoms with Gasteiger partial charge in [-0.05, 0) is 0 Å². The quantitative estimate of drug-likeness (QED) is 0.415. The van der Waals surface area contributed by atoms with E-state index < -0.39 is 7.26 Å². The van der Waals surface area contributed by atoms with Gasteiger partial charge in [-0.1, -0.05) is 0 Å². The van der Waals surface area contributed by atoms with Crippen LogP contribution in [-0.2, 0) is 0 Å². The molecule has 0 aliphatic heterocycles. The van der Waals surface area contributed by atoms with Crippen LogP contribution in [0.2, 0.25) is 0 Å². The van der Waals surface area contributed by atoms with E-state index in [9.17, 15) is 0 Å². The van der Waals surface area contributed by atoms with Crippen molar-refractivity contribution in [3.8, 4) is 0 Å². The van der Waals surface area contributed by atoms with E-state index in [-0.39, 0.29) is 4.70 Å². The smallest absolute Gasteiger partial charge is 0.269 e. The standard InChI is InChI=1S/C4H13P.FH/c1-5(2,3)4;/h5H,1-4H3;1H. The summed E-state index contributed by atoms with van der Waals surface area (Å²) >= 11 is 0. The van der Waals surface area contributed by atoms with Crippen LogP contribution in [0, 0.1) is 0 Å². The van der Waals surface area contributed by atoms with E-state index in [2.05, 4.69) is 26.7 Å². The Labute approximate surface area is 39.6 Å². The van der Waals surface area contributed by atoms with Gasteiger partial charge < -0.3 is 0 Å². The molecule has 0 atom stereocenters. The fourth-order valence-corrected chi connectivity index (χ4v) is 0. The maximum atomic E-state index is 2.33. The summed E-state index contributed by atoms with van der Waals surface area (Å²) in [6, 6.07) is 0. The zero-order chi connectivity index (χ0) is 4.50. The molecule has 0 saturated heterocycles. The molecule has 0 heterocycles. The second kappa shape index (κ2) is 2.52. The summed E-state index contributed by atoms with van der Waals surface area (Å²) in [5, 5.41) is 0.